The Morgan fingerprint density at radius 1 is 1.32 bits per heavy atom. The highest BCUT2D eigenvalue weighted by Crippen LogP contribution is 2.19. The summed E-state index contributed by atoms with van der Waals surface area (Å²) in [5.41, 5.74) is 0.910. The number of nitrogens with zero attached hydrogens (tertiary/aromatic N) is 1. The molecule has 25 heavy (non-hydrogen) atoms. The van der Waals surface area contributed by atoms with Gasteiger partial charge in [0.1, 0.15) is 0 Å². The second-order valence-electron chi connectivity index (χ2n) is 6.82. The first kappa shape index (κ1) is 19.4. The van der Waals surface area contributed by atoms with Crippen molar-refractivity contribution in [1.29, 1.82) is 0 Å². The first-order valence-corrected chi connectivity index (χ1v) is 9.88. The molecule has 0 aromatic heterocycles. The molecule has 0 saturated carbocycles. The second-order valence-corrected chi connectivity index (χ2v) is 8.38. The normalized spacial score (nSPS) is 18.0. The zero-order valence-electron chi connectivity index (χ0n) is 14.6. The number of nitrogens with one attached hydrogen (secondary N) is 1. The Bertz CT molecular complexity index is 729. The van der Waals surface area contributed by atoms with Crippen LogP contribution in [0.1, 0.15) is 25.8 Å². The van der Waals surface area contributed by atoms with Crippen LogP contribution < -0.4 is 10.5 Å². The average molecular weight is 367 g/mol. The van der Waals surface area contributed by atoms with Crippen LogP contribution in [0.5, 0.6) is 0 Å². The van der Waals surface area contributed by atoms with Crippen LogP contribution in [0, 0.1) is 11.8 Å². The molecule has 0 bridgehead atoms. The Labute approximate surface area is 148 Å². The maximum absolute atomic E-state index is 12.1. The Balaban J connectivity index is 1.87. The van der Waals surface area contributed by atoms with Gasteiger partial charge in [0.25, 0.3) is 0 Å². The molecule has 1 aromatic carbocycles. The molecular formula is C17H25N3O4S. The molecule has 0 radical (unpaired) electrons. The summed E-state index contributed by atoms with van der Waals surface area (Å²) in [7, 11) is -3.70. The van der Waals surface area contributed by atoms with Gasteiger partial charge in [-0.1, -0.05) is 26.0 Å². The van der Waals surface area contributed by atoms with Crippen LogP contribution in [0.4, 0.5) is 0 Å². The first-order valence-electron chi connectivity index (χ1n) is 8.34. The minimum atomic E-state index is -3.70. The van der Waals surface area contributed by atoms with Gasteiger partial charge in [-0.05, 0) is 30.0 Å². The lowest BCUT2D eigenvalue weighted by Gasteiger charge is -2.17. The third-order valence-corrected chi connectivity index (χ3v) is 5.12. The van der Waals surface area contributed by atoms with Crippen molar-refractivity contribution < 1.29 is 18.0 Å². The van der Waals surface area contributed by atoms with E-state index in [4.69, 9.17) is 5.14 Å². The Morgan fingerprint density at radius 3 is 2.52 bits per heavy atom. The Kier molecular flexibility index (Phi) is 6.18. The zero-order chi connectivity index (χ0) is 18.6. The molecule has 8 heteroatoms. The summed E-state index contributed by atoms with van der Waals surface area (Å²) in [6.07, 6.45) is 0.839. The topological polar surface area (TPSA) is 110 Å². The van der Waals surface area contributed by atoms with Crippen LogP contribution in [0.25, 0.3) is 0 Å². The number of rotatable bonds is 7. The van der Waals surface area contributed by atoms with E-state index < -0.39 is 10.0 Å². The highest BCUT2D eigenvalue weighted by Gasteiger charge is 2.33. The molecule has 1 heterocycles. The summed E-state index contributed by atoms with van der Waals surface area (Å²) in [6.45, 7) is 5.58. The molecule has 1 aromatic rings. The molecule has 3 N–H and O–H groups in total. The molecule has 1 aliphatic rings. The summed E-state index contributed by atoms with van der Waals surface area (Å²) in [5.74, 6) is -0.0126. The molecule has 2 amide bonds. The molecule has 1 atom stereocenters. The third-order valence-electron chi connectivity index (χ3n) is 4.19. The van der Waals surface area contributed by atoms with Gasteiger partial charge in [-0.15, -0.1) is 0 Å². The number of amides is 2. The zero-order valence-corrected chi connectivity index (χ0v) is 15.4. The SMILES string of the molecule is CC(C)CNC(=O)C1CC(=O)N(CCc2ccc(S(N)(=O)=O)cc2)C1. The number of benzene rings is 1. The lowest BCUT2D eigenvalue weighted by atomic mass is 10.1. The predicted octanol–water partition coefficient (Wildman–Crippen LogP) is 0.497. The van der Waals surface area contributed by atoms with Crippen molar-refractivity contribution in [3.8, 4) is 0 Å². The fraction of sp³-hybridized carbons (Fsp3) is 0.529. The maximum Gasteiger partial charge on any atom is 0.238 e. The van der Waals surface area contributed by atoms with Crippen LogP contribution >= 0.6 is 0 Å². The molecule has 138 valence electrons. The van der Waals surface area contributed by atoms with Crippen molar-refractivity contribution in [3.63, 3.8) is 0 Å². The van der Waals surface area contributed by atoms with Crippen molar-refractivity contribution in [2.75, 3.05) is 19.6 Å². The monoisotopic (exact) mass is 367 g/mol. The van der Waals surface area contributed by atoms with E-state index in [9.17, 15) is 18.0 Å². The van der Waals surface area contributed by atoms with Gasteiger partial charge >= 0.3 is 0 Å². The summed E-state index contributed by atoms with van der Waals surface area (Å²) in [6, 6.07) is 6.29. The number of carbonyl (C=O) groups excluding carboxylic acids is 2. The van der Waals surface area contributed by atoms with Gasteiger partial charge in [-0.2, -0.15) is 0 Å². The summed E-state index contributed by atoms with van der Waals surface area (Å²) >= 11 is 0. The fourth-order valence-electron chi connectivity index (χ4n) is 2.72. The number of likely N-dealkylation sites (tertiary alicyclic amines) is 1. The van der Waals surface area contributed by atoms with Crippen LogP contribution in [-0.4, -0.2) is 44.8 Å². The Morgan fingerprint density at radius 2 is 1.96 bits per heavy atom. The van der Waals surface area contributed by atoms with Gasteiger partial charge in [0.2, 0.25) is 21.8 Å². The molecule has 0 aliphatic carbocycles. The molecule has 2 rings (SSSR count). The van der Waals surface area contributed by atoms with E-state index in [1.54, 1.807) is 17.0 Å². The van der Waals surface area contributed by atoms with Gasteiger partial charge in [-0.3, -0.25) is 9.59 Å². The van der Waals surface area contributed by atoms with Crippen molar-refractivity contribution in [2.45, 2.75) is 31.6 Å². The van der Waals surface area contributed by atoms with Gasteiger partial charge in [0.05, 0.1) is 10.8 Å². The van der Waals surface area contributed by atoms with E-state index in [-0.39, 0.29) is 29.0 Å². The number of carbonyl (C=O) groups is 2. The Hall–Kier alpha value is -1.93. The van der Waals surface area contributed by atoms with E-state index in [1.165, 1.54) is 12.1 Å². The molecular weight excluding hydrogens is 342 g/mol. The summed E-state index contributed by atoms with van der Waals surface area (Å²) in [4.78, 5) is 25.9. The van der Waals surface area contributed by atoms with E-state index in [0.717, 1.165) is 5.56 Å². The van der Waals surface area contributed by atoms with Crippen LogP contribution in [0.2, 0.25) is 0 Å². The first-order chi connectivity index (χ1) is 11.7. The van der Waals surface area contributed by atoms with Crippen LogP contribution in [0.3, 0.4) is 0 Å². The molecule has 0 spiro atoms. The number of primary sulfonamides is 1. The van der Waals surface area contributed by atoms with Crippen molar-refractivity contribution in [2.24, 2.45) is 17.0 Å². The van der Waals surface area contributed by atoms with E-state index in [2.05, 4.69) is 5.32 Å². The third kappa shape index (κ3) is 5.54. The fourth-order valence-corrected chi connectivity index (χ4v) is 3.24. The van der Waals surface area contributed by atoms with Gasteiger partial charge in [0.15, 0.2) is 0 Å². The van der Waals surface area contributed by atoms with Crippen molar-refractivity contribution >= 4 is 21.8 Å². The quantitative estimate of drug-likeness (QED) is 0.731. The van der Waals surface area contributed by atoms with Gasteiger partial charge < -0.3 is 10.2 Å². The minimum Gasteiger partial charge on any atom is -0.356 e. The van der Waals surface area contributed by atoms with Gasteiger partial charge in [-0.25, -0.2) is 13.6 Å². The standard InChI is InChI=1S/C17H25N3O4S/c1-12(2)10-19-17(22)14-9-16(21)20(11-14)8-7-13-3-5-15(6-4-13)25(18,23)24/h3-6,12,14H,7-11H2,1-2H3,(H,19,22)(H2,18,23,24). The van der Waals surface area contributed by atoms with Gasteiger partial charge in [0, 0.05) is 26.1 Å². The average Bonchev–Trinajstić information content (AvgIpc) is 2.91. The number of hydrogen-bond acceptors (Lipinski definition) is 4. The lowest BCUT2D eigenvalue weighted by molar-refractivity contribution is -0.129. The lowest BCUT2D eigenvalue weighted by Crippen LogP contribution is -2.35. The number of nitrogens with two attached hydrogens (primary N) is 1. The summed E-state index contributed by atoms with van der Waals surface area (Å²) in [5, 5.41) is 7.94. The number of hydrogen-bond donors (Lipinski definition) is 2. The smallest absolute Gasteiger partial charge is 0.238 e. The highest BCUT2D eigenvalue weighted by atomic mass is 32.2. The molecule has 1 unspecified atom stereocenters. The highest BCUT2D eigenvalue weighted by molar-refractivity contribution is 7.89. The van der Waals surface area contributed by atoms with Crippen LogP contribution in [-0.2, 0) is 26.0 Å². The van der Waals surface area contributed by atoms with Crippen molar-refractivity contribution in [1.82, 2.24) is 10.2 Å². The van der Waals surface area contributed by atoms with E-state index in [1.807, 2.05) is 13.8 Å². The number of sulfonamides is 1. The molecule has 1 fully saturated rings. The second kappa shape index (κ2) is 7.97. The van der Waals surface area contributed by atoms with Crippen molar-refractivity contribution in [3.05, 3.63) is 29.8 Å². The largest absolute Gasteiger partial charge is 0.356 e. The minimum absolute atomic E-state index is 0.0224. The summed E-state index contributed by atoms with van der Waals surface area (Å²) < 4.78 is 22.5. The van der Waals surface area contributed by atoms with Crippen LogP contribution in [0.15, 0.2) is 29.2 Å². The molecule has 7 nitrogen and oxygen atoms in total. The molecule has 1 aliphatic heterocycles. The van der Waals surface area contributed by atoms with E-state index >= 15 is 0 Å². The maximum atomic E-state index is 12.1. The van der Waals surface area contributed by atoms with E-state index in [0.29, 0.717) is 32.0 Å². The predicted molar refractivity (Wildman–Crippen MR) is 94.1 cm³/mol. The molecule has 1 saturated heterocycles.